The Kier molecular flexibility index (Phi) is 6.69. The van der Waals surface area contributed by atoms with Gasteiger partial charge in [0.15, 0.2) is 0 Å². The molecule has 0 saturated carbocycles. The Morgan fingerprint density at radius 2 is 1.96 bits per heavy atom. The van der Waals surface area contributed by atoms with Crippen molar-refractivity contribution in [3.8, 4) is 16.9 Å². The maximum absolute atomic E-state index is 14.3. The first kappa shape index (κ1) is 19.4. The van der Waals surface area contributed by atoms with E-state index in [1.165, 1.54) is 12.1 Å². The lowest BCUT2D eigenvalue weighted by Crippen LogP contribution is -2.11. The molecule has 0 saturated heterocycles. The number of rotatable bonds is 8. The number of hydrogen-bond donors (Lipinski definition) is 1. The Hall–Kier alpha value is -2.92. The second-order valence-corrected chi connectivity index (χ2v) is 5.75. The lowest BCUT2D eigenvalue weighted by atomic mass is 10.0. The van der Waals surface area contributed by atoms with Crippen molar-refractivity contribution in [2.75, 3.05) is 6.61 Å². The summed E-state index contributed by atoms with van der Waals surface area (Å²) < 4.78 is 24.4. The van der Waals surface area contributed by atoms with Crippen LogP contribution in [0, 0.1) is 5.82 Å². The van der Waals surface area contributed by atoms with Crippen molar-refractivity contribution in [1.82, 2.24) is 0 Å². The molecule has 0 heterocycles. The molecule has 5 heteroatoms. The molecule has 0 fully saturated rings. The van der Waals surface area contributed by atoms with E-state index in [0.29, 0.717) is 23.1 Å². The molecule has 1 N–H and O–H groups in total. The molecular formula is C21H21FO4. The van der Waals surface area contributed by atoms with Crippen LogP contribution < -0.4 is 4.74 Å². The summed E-state index contributed by atoms with van der Waals surface area (Å²) in [5.74, 6) is -0.649. The van der Waals surface area contributed by atoms with Crippen LogP contribution in [0.4, 0.5) is 4.39 Å². The minimum atomic E-state index is -1.18. The molecular weight excluding hydrogens is 335 g/mol. The Balaban J connectivity index is 2.02. The minimum Gasteiger partial charge on any atom is -0.462 e. The lowest BCUT2D eigenvalue weighted by molar-refractivity contribution is -0.138. The highest BCUT2D eigenvalue weighted by Gasteiger charge is 2.09. The van der Waals surface area contributed by atoms with Gasteiger partial charge in [-0.15, -0.1) is 0 Å². The van der Waals surface area contributed by atoms with Gasteiger partial charge in [0.25, 0.3) is 0 Å². The number of carbonyl (C=O) groups is 1. The van der Waals surface area contributed by atoms with Crippen LogP contribution in [-0.2, 0) is 16.0 Å². The molecule has 2 rings (SSSR count). The predicted molar refractivity (Wildman–Crippen MR) is 98.1 cm³/mol. The molecule has 2 aromatic carbocycles. The molecule has 136 valence electrons. The largest absolute Gasteiger partial charge is 0.462 e. The number of carbonyl (C=O) groups excluding carboxylic acids is 1. The fourth-order valence-electron chi connectivity index (χ4n) is 2.23. The molecule has 0 amide bonds. The second-order valence-electron chi connectivity index (χ2n) is 5.75. The van der Waals surface area contributed by atoms with Crippen LogP contribution >= 0.6 is 0 Å². The number of benzene rings is 2. The maximum atomic E-state index is 14.3. The molecule has 0 aliphatic rings. The second kappa shape index (κ2) is 8.97. The molecule has 1 atom stereocenters. The minimum absolute atomic E-state index is 0.217. The van der Waals surface area contributed by atoms with Gasteiger partial charge in [-0.2, -0.15) is 0 Å². The molecule has 0 radical (unpaired) electrons. The van der Waals surface area contributed by atoms with Gasteiger partial charge >= 0.3 is 5.97 Å². The molecule has 0 bridgehead atoms. The number of aliphatic hydroxyl groups is 1. The highest BCUT2D eigenvalue weighted by Crippen LogP contribution is 2.27. The highest BCUT2D eigenvalue weighted by atomic mass is 19.1. The molecule has 0 aliphatic carbocycles. The van der Waals surface area contributed by atoms with Crippen molar-refractivity contribution < 1.29 is 23.8 Å². The third-order valence-corrected chi connectivity index (χ3v) is 3.64. The zero-order valence-corrected chi connectivity index (χ0v) is 14.6. The van der Waals surface area contributed by atoms with E-state index in [1.54, 1.807) is 31.2 Å². The van der Waals surface area contributed by atoms with Crippen LogP contribution in [0.25, 0.3) is 11.1 Å². The summed E-state index contributed by atoms with van der Waals surface area (Å²) in [5.41, 5.74) is 2.47. The normalized spacial score (nSPS) is 11.5. The monoisotopic (exact) mass is 356 g/mol. The third kappa shape index (κ3) is 5.29. The van der Waals surface area contributed by atoms with Gasteiger partial charge in [-0.3, -0.25) is 0 Å². The Morgan fingerprint density at radius 3 is 2.54 bits per heavy atom. The molecule has 4 nitrogen and oxygen atoms in total. The van der Waals surface area contributed by atoms with E-state index >= 15 is 0 Å². The molecule has 1 unspecified atom stereocenters. The predicted octanol–water partition coefficient (Wildman–Crippen LogP) is 4.04. The summed E-state index contributed by atoms with van der Waals surface area (Å²) in [6.07, 6.45) is 0.588. The van der Waals surface area contributed by atoms with Crippen molar-refractivity contribution in [2.45, 2.75) is 19.6 Å². The van der Waals surface area contributed by atoms with Crippen LogP contribution in [0.15, 0.2) is 67.3 Å². The van der Waals surface area contributed by atoms with Crippen LogP contribution in [0.5, 0.6) is 5.75 Å². The maximum Gasteiger partial charge on any atom is 0.333 e. The average Bonchev–Trinajstić information content (AvgIpc) is 2.62. The van der Waals surface area contributed by atoms with Gasteiger partial charge in [0.1, 0.15) is 11.6 Å². The topological polar surface area (TPSA) is 55.8 Å². The first-order valence-electron chi connectivity index (χ1n) is 8.09. The molecule has 0 aliphatic heterocycles. The van der Waals surface area contributed by atoms with E-state index < -0.39 is 18.1 Å². The number of halogens is 1. The van der Waals surface area contributed by atoms with Crippen molar-refractivity contribution >= 4 is 5.97 Å². The van der Waals surface area contributed by atoms with E-state index in [0.717, 1.165) is 5.56 Å². The van der Waals surface area contributed by atoms with Crippen LogP contribution in [-0.4, -0.2) is 24.0 Å². The Labute approximate surface area is 152 Å². The first-order chi connectivity index (χ1) is 12.4. The van der Waals surface area contributed by atoms with Gasteiger partial charge in [0, 0.05) is 23.6 Å². The fraction of sp³-hybridized carbons (Fsp3) is 0.190. The van der Waals surface area contributed by atoms with Crippen molar-refractivity contribution in [2.24, 2.45) is 0 Å². The van der Waals surface area contributed by atoms with E-state index in [9.17, 15) is 14.3 Å². The quantitative estimate of drug-likeness (QED) is 0.336. The summed E-state index contributed by atoms with van der Waals surface area (Å²) in [6.45, 7) is 8.77. The molecule has 26 heavy (non-hydrogen) atoms. The summed E-state index contributed by atoms with van der Waals surface area (Å²) in [4.78, 5) is 11.3. The van der Waals surface area contributed by atoms with Crippen molar-refractivity contribution in [3.05, 3.63) is 78.7 Å². The third-order valence-electron chi connectivity index (χ3n) is 3.64. The van der Waals surface area contributed by atoms with E-state index in [2.05, 4.69) is 13.2 Å². The molecule has 0 spiro atoms. The SMILES string of the molecule is C=CC(O)Oc1ccc(-c2ccc(CCOC(=O)C(=C)C)cc2)c(F)c1. The molecule has 0 aromatic heterocycles. The number of ether oxygens (including phenoxy) is 2. The van der Waals surface area contributed by atoms with Crippen molar-refractivity contribution in [3.63, 3.8) is 0 Å². The highest BCUT2D eigenvalue weighted by molar-refractivity contribution is 5.86. The standard InChI is InChI=1S/C21H21FO4/c1-4-20(23)26-17-9-10-18(19(22)13-17)16-7-5-15(6-8-16)11-12-25-21(24)14(2)3/h4-10,13,20,23H,1-2,11-12H2,3H3. The van der Waals surface area contributed by atoms with Gasteiger partial charge in [-0.1, -0.05) is 37.4 Å². The summed E-state index contributed by atoms with van der Waals surface area (Å²) >= 11 is 0. The van der Waals surface area contributed by atoms with Gasteiger partial charge in [-0.05, 0) is 36.3 Å². The Bertz CT molecular complexity index is 796. The summed E-state index contributed by atoms with van der Waals surface area (Å²) in [5, 5.41) is 9.36. The summed E-state index contributed by atoms with van der Waals surface area (Å²) in [6, 6.07) is 11.7. The van der Waals surface area contributed by atoms with Gasteiger partial charge in [0.2, 0.25) is 6.29 Å². The lowest BCUT2D eigenvalue weighted by Gasteiger charge is -2.11. The number of aliphatic hydroxyl groups excluding tert-OH is 1. The Morgan fingerprint density at radius 1 is 1.27 bits per heavy atom. The smallest absolute Gasteiger partial charge is 0.333 e. The number of hydrogen-bond acceptors (Lipinski definition) is 4. The zero-order valence-electron chi connectivity index (χ0n) is 14.6. The number of esters is 1. The average molecular weight is 356 g/mol. The van der Waals surface area contributed by atoms with E-state index in [-0.39, 0.29) is 12.4 Å². The van der Waals surface area contributed by atoms with E-state index in [4.69, 9.17) is 9.47 Å². The van der Waals surface area contributed by atoms with Crippen molar-refractivity contribution in [1.29, 1.82) is 0 Å². The first-order valence-corrected chi connectivity index (χ1v) is 8.09. The van der Waals surface area contributed by atoms with Gasteiger partial charge in [-0.25, -0.2) is 9.18 Å². The van der Waals surface area contributed by atoms with E-state index in [1.807, 2.05) is 12.1 Å². The van der Waals surface area contributed by atoms with Gasteiger partial charge in [0.05, 0.1) is 6.61 Å². The van der Waals surface area contributed by atoms with Crippen LogP contribution in [0.1, 0.15) is 12.5 Å². The zero-order chi connectivity index (χ0) is 19.1. The van der Waals surface area contributed by atoms with Crippen LogP contribution in [0.2, 0.25) is 0 Å². The van der Waals surface area contributed by atoms with Gasteiger partial charge < -0.3 is 14.6 Å². The molecule has 2 aromatic rings. The fourth-order valence-corrected chi connectivity index (χ4v) is 2.23. The summed E-state index contributed by atoms with van der Waals surface area (Å²) in [7, 11) is 0. The van der Waals surface area contributed by atoms with Crippen LogP contribution in [0.3, 0.4) is 0 Å².